The lowest BCUT2D eigenvalue weighted by Gasteiger charge is -2.17. The van der Waals surface area contributed by atoms with Crippen molar-refractivity contribution >= 4 is 85.1 Å². The normalized spacial score (nSPS) is 13.3. The van der Waals surface area contributed by atoms with Crippen molar-refractivity contribution in [2.45, 2.75) is 85.2 Å². The Morgan fingerprint density at radius 2 is 1.30 bits per heavy atom. The second-order valence-electron chi connectivity index (χ2n) is 11.7. The highest BCUT2D eigenvalue weighted by Gasteiger charge is 2.24. The molecule has 0 bridgehead atoms. The maximum atomic E-state index is 2.74. The van der Waals surface area contributed by atoms with Crippen molar-refractivity contribution in [2.75, 3.05) is 0 Å². The van der Waals surface area contributed by atoms with Crippen LogP contribution in [0.5, 0.6) is 0 Å². The maximum Gasteiger partial charge on any atom is 0.0714 e. The van der Waals surface area contributed by atoms with Gasteiger partial charge in [-0.25, -0.2) is 0 Å². The fraction of sp³-hybridized carbons (Fsp3) is 0.389. The number of para-hydroxylation sites is 1. The average molecular weight is 565 g/mol. The molecule has 40 heavy (non-hydrogen) atoms. The van der Waals surface area contributed by atoms with Crippen LogP contribution in [0.2, 0.25) is 0 Å². The number of aryl methyl sites for hydroxylation is 1. The van der Waals surface area contributed by atoms with Crippen molar-refractivity contribution in [2.24, 2.45) is 5.92 Å². The zero-order chi connectivity index (χ0) is 27.2. The van der Waals surface area contributed by atoms with Crippen LogP contribution in [0.1, 0.15) is 72.1 Å². The van der Waals surface area contributed by atoms with E-state index in [2.05, 4.69) is 102 Å². The number of fused-ring (bicyclic) bond motifs is 11. The summed E-state index contributed by atoms with van der Waals surface area (Å²) < 4.78 is 11.3. The van der Waals surface area contributed by atoms with Crippen molar-refractivity contribution in [3.05, 3.63) is 60.7 Å². The molecule has 0 aliphatic rings. The minimum Gasteiger partial charge on any atom is -0.339 e. The van der Waals surface area contributed by atoms with Gasteiger partial charge in [0, 0.05) is 44.9 Å². The van der Waals surface area contributed by atoms with Crippen molar-refractivity contribution in [3.63, 3.8) is 0 Å². The van der Waals surface area contributed by atoms with E-state index in [-0.39, 0.29) is 0 Å². The third-order valence-corrected chi connectivity index (χ3v) is 11.6. The number of benzene rings is 3. The molecule has 0 spiro atoms. The molecule has 7 rings (SSSR count). The van der Waals surface area contributed by atoms with Gasteiger partial charge in [-0.1, -0.05) is 108 Å². The van der Waals surface area contributed by atoms with Crippen LogP contribution < -0.4 is 0 Å². The Hall–Kier alpha value is -2.82. The summed E-state index contributed by atoms with van der Waals surface area (Å²) in [6.45, 7) is 9.22. The maximum absolute atomic E-state index is 2.74. The third-order valence-electron chi connectivity index (χ3n) is 9.10. The number of aromatic nitrogens is 2. The first kappa shape index (κ1) is 26.1. The number of unbranched alkanes of at least 4 members (excludes halogenated alkanes) is 4. The van der Waals surface area contributed by atoms with Crippen LogP contribution in [-0.4, -0.2) is 9.13 Å². The van der Waals surface area contributed by atoms with Gasteiger partial charge in [-0.3, -0.25) is 0 Å². The van der Waals surface area contributed by atoms with Gasteiger partial charge in [-0.2, -0.15) is 0 Å². The first-order valence-corrected chi connectivity index (χ1v) is 17.1. The molecule has 7 aromatic rings. The smallest absolute Gasteiger partial charge is 0.0714 e. The summed E-state index contributed by atoms with van der Waals surface area (Å²) in [5.74, 6) is 0.709. The number of thiophene rings is 2. The minimum absolute atomic E-state index is 0.709. The molecule has 0 N–H and O–H groups in total. The summed E-state index contributed by atoms with van der Waals surface area (Å²) in [4.78, 5) is 0. The van der Waals surface area contributed by atoms with Crippen molar-refractivity contribution in [3.8, 4) is 0 Å². The van der Waals surface area contributed by atoms with E-state index in [9.17, 15) is 0 Å². The topological polar surface area (TPSA) is 9.86 Å². The lowest BCUT2D eigenvalue weighted by atomic mass is 9.99. The lowest BCUT2D eigenvalue weighted by Crippen LogP contribution is -2.10. The number of hydrogen-bond donors (Lipinski definition) is 0. The zero-order valence-corrected chi connectivity index (χ0v) is 25.8. The summed E-state index contributed by atoms with van der Waals surface area (Å²) >= 11 is 4.05. The largest absolute Gasteiger partial charge is 0.339 e. The van der Waals surface area contributed by atoms with Crippen molar-refractivity contribution < 1.29 is 0 Å². The van der Waals surface area contributed by atoms with Gasteiger partial charge in [0.1, 0.15) is 0 Å². The lowest BCUT2D eigenvalue weighted by molar-refractivity contribution is 0.401. The summed E-state index contributed by atoms with van der Waals surface area (Å²) in [5, 5.41) is 5.68. The van der Waals surface area contributed by atoms with Gasteiger partial charge in [0.15, 0.2) is 0 Å². The van der Waals surface area contributed by atoms with Gasteiger partial charge < -0.3 is 9.13 Å². The molecule has 206 valence electrons. The van der Waals surface area contributed by atoms with E-state index < -0.39 is 0 Å². The monoisotopic (exact) mass is 564 g/mol. The quantitative estimate of drug-likeness (QED) is 0.138. The molecule has 0 fully saturated rings. The third kappa shape index (κ3) is 4.10. The molecule has 0 aliphatic carbocycles. The van der Waals surface area contributed by atoms with Crippen LogP contribution in [0.4, 0.5) is 0 Å². The van der Waals surface area contributed by atoms with Gasteiger partial charge in [0.2, 0.25) is 0 Å². The first-order chi connectivity index (χ1) is 19.7. The SMILES string of the molecule is CCCCCCn1c2ccccc2c2ccc3c(sc4c5sc6ccccc6c5n(CC(CC)CCCC)c34)c21. The molecular formula is C36H40N2S2. The van der Waals surface area contributed by atoms with Crippen molar-refractivity contribution in [1.29, 1.82) is 0 Å². The molecule has 0 radical (unpaired) electrons. The molecule has 0 saturated heterocycles. The van der Waals surface area contributed by atoms with Gasteiger partial charge >= 0.3 is 0 Å². The summed E-state index contributed by atoms with van der Waals surface area (Å²) in [7, 11) is 0. The van der Waals surface area contributed by atoms with Gasteiger partial charge in [-0.15, -0.1) is 22.7 Å². The Bertz CT molecular complexity index is 1960. The van der Waals surface area contributed by atoms with E-state index in [1.165, 1.54) is 114 Å². The summed E-state index contributed by atoms with van der Waals surface area (Å²) in [6, 6.07) is 23.0. The van der Waals surface area contributed by atoms with Gasteiger partial charge in [0.25, 0.3) is 0 Å². The summed E-state index contributed by atoms with van der Waals surface area (Å²) in [5.41, 5.74) is 5.79. The zero-order valence-electron chi connectivity index (χ0n) is 24.1. The molecule has 1 unspecified atom stereocenters. The van der Waals surface area contributed by atoms with E-state index >= 15 is 0 Å². The number of nitrogens with zero attached hydrogens (tertiary/aromatic N) is 2. The van der Waals surface area contributed by atoms with E-state index in [4.69, 9.17) is 0 Å². The molecule has 3 aromatic carbocycles. The number of hydrogen-bond acceptors (Lipinski definition) is 2. The van der Waals surface area contributed by atoms with E-state index in [1.807, 2.05) is 11.3 Å². The molecule has 1 atom stereocenters. The molecule has 2 nitrogen and oxygen atoms in total. The molecule has 4 aromatic heterocycles. The Kier molecular flexibility index (Phi) is 7.09. The fourth-order valence-corrected chi connectivity index (χ4v) is 9.65. The highest BCUT2D eigenvalue weighted by atomic mass is 32.1. The molecule has 4 heterocycles. The second kappa shape index (κ2) is 10.9. The molecule has 0 saturated carbocycles. The minimum atomic E-state index is 0.709. The van der Waals surface area contributed by atoms with Crippen LogP contribution in [0.25, 0.3) is 62.4 Å². The fourth-order valence-electron chi connectivity index (χ4n) is 6.95. The Balaban J connectivity index is 1.52. The molecular weight excluding hydrogens is 525 g/mol. The molecule has 0 amide bonds. The van der Waals surface area contributed by atoms with Crippen LogP contribution in [0.15, 0.2) is 60.7 Å². The Morgan fingerprint density at radius 1 is 0.600 bits per heavy atom. The predicted octanol–water partition coefficient (Wildman–Crippen LogP) is 12.1. The standard InChI is InChI=1S/C36H40N2S2/c1-4-7-9-14-22-37-29-18-12-10-16-25(29)26-20-21-28-33-36(40-34(28)31(26)37)35-32(27-17-11-13-19-30(27)39-35)38(33)23-24(6-3)15-8-5-2/h10-13,16-21,24H,4-9,14-15,22-23H2,1-3H3. The first-order valence-electron chi connectivity index (χ1n) is 15.5. The van der Waals surface area contributed by atoms with Crippen molar-refractivity contribution in [1.82, 2.24) is 9.13 Å². The Labute approximate surface area is 245 Å². The van der Waals surface area contributed by atoms with Crippen LogP contribution >= 0.6 is 22.7 Å². The highest BCUT2D eigenvalue weighted by Crippen LogP contribution is 2.49. The van der Waals surface area contributed by atoms with Crippen LogP contribution in [-0.2, 0) is 13.1 Å². The van der Waals surface area contributed by atoms with Gasteiger partial charge in [-0.05, 0) is 30.9 Å². The number of rotatable bonds is 11. The van der Waals surface area contributed by atoms with E-state index in [0.29, 0.717) is 5.92 Å². The molecule has 4 heteroatoms. The second-order valence-corrected chi connectivity index (χ2v) is 13.7. The Morgan fingerprint density at radius 3 is 2.12 bits per heavy atom. The molecule has 0 aliphatic heterocycles. The van der Waals surface area contributed by atoms with Crippen LogP contribution in [0.3, 0.4) is 0 Å². The van der Waals surface area contributed by atoms with Gasteiger partial charge in [0.05, 0.1) is 30.6 Å². The predicted molar refractivity (Wildman–Crippen MR) is 181 cm³/mol. The average Bonchev–Trinajstić information content (AvgIpc) is 3.71. The van der Waals surface area contributed by atoms with E-state index in [1.54, 1.807) is 0 Å². The van der Waals surface area contributed by atoms with Crippen LogP contribution in [0, 0.1) is 5.92 Å². The highest BCUT2D eigenvalue weighted by molar-refractivity contribution is 7.34. The van der Waals surface area contributed by atoms with E-state index in [0.717, 1.165) is 13.1 Å². The summed E-state index contributed by atoms with van der Waals surface area (Å²) in [6.07, 6.45) is 10.3.